The van der Waals surface area contributed by atoms with Crippen molar-refractivity contribution in [2.24, 2.45) is 0 Å². The van der Waals surface area contributed by atoms with Crippen LogP contribution in [0, 0.1) is 0 Å². The van der Waals surface area contributed by atoms with Gasteiger partial charge in [-0.05, 0) is 25.7 Å². The van der Waals surface area contributed by atoms with Gasteiger partial charge in [-0.1, -0.05) is 95.9 Å². The standard InChI is InChI=1S/C29H57N2O6P/c1-6-8-10-12-14-15-17-19-21-23-29(33)30-27(28(32)22-20-18-16-13-11-9-7-2)26-37-38(34,35)36-25-24-31(3,4)5/h11,13,20,22,27-28,32H,6-10,12,14-19,21,23-26H2,1-5H3,(H-,30,33,34,35)/b13-11+,22-20+. The molecule has 3 atom stereocenters. The van der Waals surface area contributed by atoms with E-state index in [9.17, 15) is 19.4 Å². The van der Waals surface area contributed by atoms with Gasteiger partial charge in [-0.2, -0.15) is 0 Å². The zero-order chi connectivity index (χ0) is 28.7. The Labute approximate surface area is 233 Å². The van der Waals surface area contributed by atoms with Crippen LogP contribution in [0.3, 0.4) is 0 Å². The molecule has 0 fully saturated rings. The Kier molecular flexibility index (Phi) is 22.1. The van der Waals surface area contributed by atoms with E-state index in [0.29, 0.717) is 17.4 Å². The fraction of sp³-hybridized carbons (Fsp3) is 0.828. The number of carbonyl (C=O) groups is 1. The molecule has 0 aliphatic rings. The Bertz CT molecular complexity index is 693. The third-order valence-corrected chi connectivity index (χ3v) is 7.11. The van der Waals surface area contributed by atoms with E-state index in [-0.39, 0.29) is 12.5 Å². The topological polar surface area (TPSA) is 108 Å². The van der Waals surface area contributed by atoms with Crippen molar-refractivity contribution in [1.82, 2.24) is 5.32 Å². The van der Waals surface area contributed by atoms with Crippen molar-refractivity contribution < 1.29 is 32.9 Å². The molecule has 0 aliphatic heterocycles. The molecule has 3 unspecified atom stereocenters. The number of rotatable bonds is 25. The molecule has 0 saturated heterocycles. The van der Waals surface area contributed by atoms with Crippen molar-refractivity contribution in [3.8, 4) is 0 Å². The molecule has 38 heavy (non-hydrogen) atoms. The molecule has 0 aliphatic carbocycles. The number of amides is 1. The van der Waals surface area contributed by atoms with Gasteiger partial charge in [-0.3, -0.25) is 9.36 Å². The van der Waals surface area contributed by atoms with Crippen LogP contribution in [0.2, 0.25) is 0 Å². The molecule has 1 amide bonds. The van der Waals surface area contributed by atoms with Gasteiger partial charge in [0.05, 0.1) is 39.9 Å². The van der Waals surface area contributed by atoms with Crippen molar-refractivity contribution in [3.05, 3.63) is 24.3 Å². The number of allylic oxidation sites excluding steroid dienone is 3. The van der Waals surface area contributed by atoms with Crippen molar-refractivity contribution in [3.63, 3.8) is 0 Å². The van der Waals surface area contributed by atoms with Crippen LogP contribution in [0.25, 0.3) is 0 Å². The van der Waals surface area contributed by atoms with Crippen LogP contribution in [-0.4, -0.2) is 68.5 Å². The zero-order valence-electron chi connectivity index (χ0n) is 24.9. The summed E-state index contributed by atoms with van der Waals surface area (Å²) < 4.78 is 22.8. The van der Waals surface area contributed by atoms with Crippen LogP contribution in [-0.2, 0) is 18.4 Å². The smallest absolute Gasteiger partial charge is 0.268 e. The fourth-order valence-electron chi connectivity index (χ4n) is 3.70. The molecule has 0 aromatic rings. The third kappa shape index (κ3) is 24.1. The summed E-state index contributed by atoms with van der Waals surface area (Å²) in [6.45, 7) is 4.43. The molecule has 0 rings (SSSR count). The van der Waals surface area contributed by atoms with Crippen molar-refractivity contribution in [2.75, 3.05) is 40.9 Å². The largest absolute Gasteiger partial charge is 0.756 e. The van der Waals surface area contributed by atoms with Crippen LogP contribution >= 0.6 is 7.82 Å². The third-order valence-electron chi connectivity index (χ3n) is 6.15. The number of carbonyl (C=O) groups excluding carboxylic acids is 1. The highest BCUT2D eigenvalue weighted by Crippen LogP contribution is 2.38. The maximum atomic E-state index is 12.6. The van der Waals surface area contributed by atoms with Gasteiger partial charge in [0, 0.05) is 6.42 Å². The SMILES string of the molecule is CCC/C=C/CC/C=C/C(O)C(COP(=O)([O-])OCC[N+](C)(C)C)NC(=O)CCCCCCCCCCC. The van der Waals surface area contributed by atoms with Crippen LogP contribution in [0.15, 0.2) is 24.3 Å². The van der Waals surface area contributed by atoms with Crippen LogP contribution in [0.4, 0.5) is 0 Å². The summed E-state index contributed by atoms with van der Waals surface area (Å²) in [7, 11) is 1.23. The quantitative estimate of drug-likeness (QED) is 0.0646. The first-order chi connectivity index (χ1) is 18.0. The normalized spacial score (nSPS) is 15.7. The van der Waals surface area contributed by atoms with Crippen LogP contribution in [0.5, 0.6) is 0 Å². The number of aliphatic hydroxyl groups excluding tert-OH is 1. The van der Waals surface area contributed by atoms with Gasteiger partial charge in [0.1, 0.15) is 13.2 Å². The van der Waals surface area contributed by atoms with E-state index in [1.54, 1.807) is 6.08 Å². The first-order valence-electron chi connectivity index (χ1n) is 14.7. The molecular weight excluding hydrogens is 503 g/mol. The predicted molar refractivity (Wildman–Crippen MR) is 155 cm³/mol. The second-order valence-electron chi connectivity index (χ2n) is 11.1. The zero-order valence-corrected chi connectivity index (χ0v) is 25.8. The average molecular weight is 561 g/mol. The van der Waals surface area contributed by atoms with Crippen molar-refractivity contribution in [1.29, 1.82) is 0 Å². The molecular formula is C29H57N2O6P. The molecule has 0 bridgehead atoms. The van der Waals surface area contributed by atoms with Gasteiger partial charge in [-0.15, -0.1) is 0 Å². The second kappa shape index (κ2) is 22.8. The molecule has 9 heteroatoms. The van der Waals surface area contributed by atoms with Crippen molar-refractivity contribution in [2.45, 2.75) is 116 Å². The van der Waals surface area contributed by atoms with E-state index in [1.165, 1.54) is 38.5 Å². The lowest BCUT2D eigenvalue weighted by Crippen LogP contribution is -2.45. The van der Waals surface area contributed by atoms with Gasteiger partial charge >= 0.3 is 0 Å². The number of unbranched alkanes of at least 4 members (excludes halogenated alkanes) is 10. The van der Waals surface area contributed by atoms with Crippen molar-refractivity contribution >= 4 is 13.7 Å². The first kappa shape index (κ1) is 37.0. The summed E-state index contributed by atoms with van der Waals surface area (Å²) in [5.41, 5.74) is 0. The summed E-state index contributed by atoms with van der Waals surface area (Å²) in [5.74, 6) is -0.219. The minimum atomic E-state index is -4.56. The number of hydrogen-bond acceptors (Lipinski definition) is 6. The molecule has 0 aromatic carbocycles. The number of phosphoric acid groups is 1. The maximum absolute atomic E-state index is 12.6. The monoisotopic (exact) mass is 560 g/mol. The van der Waals surface area contributed by atoms with Crippen LogP contribution in [0.1, 0.15) is 104 Å². The highest BCUT2D eigenvalue weighted by Gasteiger charge is 2.23. The first-order valence-corrected chi connectivity index (χ1v) is 16.2. The average Bonchev–Trinajstić information content (AvgIpc) is 2.84. The highest BCUT2D eigenvalue weighted by atomic mass is 31.2. The molecule has 8 nitrogen and oxygen atoms in total. The van der Waals surface area contributed by atoms with Gasteiger partial charge < -0.3 is 28.8 Å². The number of aliphatic hydroxyl groups is 1. The molecule has 2 N–H and O–H groups in total. The van der Waals surface area contributed by atoms with Gasteiger partial charge in [0.15, 0.2) is 0 Å². The number of hydrogen-bond donors (Lipinski definition) is 2. The highest BCUT2D eigenvalue weighted by molar-refractivity contribution is 7.45. The Morgan fingerprint density at radius 2 is 1.47 bits per heavy atom. The number of likely N-dealkylation sites (N-methyl/N-ethyl adjacent to an activating group) is 1. The summed E-state index contributed by atoms with van der Waals surface area (Å²) in [4.78, 5) is 24.8. The van der Waals surface area contributed by atoms with Crippen LogP contribution < -0.4 is 10.2 Å². The lowest BCUT2D eigenvalue weighted by Gasteiger charge is -2.29. The minimum absolute atomic E-state index is 0.00604. The number of quaternary nitrogens is 1. The van der Waals surface area contributed by atoms with E-state index in [0.717, 1.165) is 44.9 Å². The van der Waals surface area contributed by atoms with E-state index in [1.807, 2.05) is 27.2 Å². The molecule has 0 aromatic heterocycles. The molecule has 0 heterocycles. The van der Waals surface area contributed by atoms with Gasteiger partial charge in [0.2, 0.25) is 5.91 Å². The summed E-state index contributed by atoms with van der Waals surface area (Å²) in [6.07, 6.45) is 21.1. The predicted octanol–water partition coefficient (Wildman–Crippen LogP) is 5.65. The number of nitrogens with zero attached hydrogens (tertiary/aromatic N) is 1. The molecule has 224 valence electrons. The summed E-state index contributed by atoms with van der Waals surface area (Å²) in [5, 5.41) is 13.4. The van der Waals surface area contributed by atoms with Gasteiger partial charge in [-0.25, -0.2) is 0 Å². The van der Waals surface area contributed by atoms with E-state index < -0.39 is 26.6 Å². The number of nitrogens with one attached hydrogen (secondary N) is 1. The number of phosphoric ester groups is 1. The Morgan fingerprint density at radius 1 is 0.895 bits per heavy atom. The lowest BCUT2D eigenvalue weighted by molar-refractivity contribution is -0.870. The maximum Gasteiger partial charge on any atom is 0.268 e. The summed E-state index contributed by atoms with van der Waals surface area (Å²) in [6, 6.07) is -0.891. The minimum Gasteiger partial charge on any atom is -0.756 e. The fourth-order valence-corrected chi connectivity index (χ4v) is 4.42. The molecule has 0 spiro atoms. The molecule has 0 saturated carbocycles. The Balaban J connectivity index is 4.72. The Morgan fingerprint density at radius 3 is 2.08 bits per heavy atom. The van der Waals surface area contributed by atoms with E-state index in [2.05, 4.69) is 31.3 Å². The van der Waals surface area contributed by atoms with E-state index >= 15 is 0 Å². The lowest BCUT2D eigenvalue weighted by atomic mass is 10.1. The molecule has 0 radical (unpaired) electrons. The summed E-state index contributed by atoms with van der Waals surface area (Å²) >= 11 is 0. The second-order valence-corrected chi connectivity index (χ2v) is 12.5. The van der Waals surface area contributed by atoms with Gasteiger partial charge in [0.25, 0.3) is 7.82 Å². The van der Waals surface area contributed by atoms with E-state index in [4.69, 9.17) is 9.05 Å². The Hall–Kier alpha value is -1.02.